The molecule has 0 aliphatic carbocycles. The van der Waals surface area contributed by atoms with Gasteiger partial charge in [0.2, 0.25) is 20.6 Å². The number of methoxy groups -OCH3 is 2. The van der Waals surface area contributed by atoms with Crippen molar-refractivity contribution in [1.82, 2.24) is 29.7 Å². The molecule has 454 valence electrons. The van der Waals surface area contributed by atoms with E-state index in [-0.39, 0.29) is 10.3 Å². The number of thioether (sulfide) groups is 4. The van der Waals surface area contributed by atoms with Crippen molar-refractivity contribution in [3.63, 3.8) is 0 Å². The number of carbonyl (C=O) groups excluding carboxylic acids is 8. The lowest BCUT2D eigenvalue weighted by Gasteiger charge is -2.43. The smallest absolute Gasteiger partial charge is 0.303 e. The number of hydrogen-bond donors (Lipinski definition) is 0. The van der Waals surface area contributed by atoms with Crippen molar-refractivity contribution in [3.8, 4) is 11.5 Å². The Labute approximate surface area is 498 Å². The number of nitrogens with zero attached hydrogens (tertiary/aromatic N) is 8. The summed E-state index contributed by atoms with van der Waals surface area (Å²) in [5.41, 5.74) is -1.09. The fourth-order valence-corrected chi connectivity index (χ4v) is 12.0. The molecule has 4 aromatic rings. The highest BCUT2D eigenvalue weighted by atomic mass is 32.2. The first-order valence-corrected chi connectivity index (χ1v) is 29.3. The summed E-state index contributed by atoms with van der Waals surface area (Å²) in [7, 11) is 3.09. The van der Waals surface area contributed by atoms with Crippen LogP contribution in [0.5, 0.6) is 11.5 Å². The molecule has 4 heterocycles. The average Bonchev–Trinajstić information content (AvgIpc) is 3.03. The van der Waals surface area contributed by atoms with E-state index >= 15 is 0 Å². The van der Waals surface area contributed by atoms with Gasteiger partial charge in [-0.25, -0.2) is 0 Å². The number of rotatable bonds is 27. The molecule has 0 unspecified atom stereocenters. The second-order valence-electron chi connectivity index (χ2n) is 18.0. The molecule has 0 N–H and O–H groups in total. The van der Waals surface area contributed by atoms with Crippen LogP contribution in [0.15, 0.2) is 79.4 Å². The fourth-order valence-electron chi connectivity index (χ4n) is 7.96. The molecule has 2 fully saturated rings. The molecule has 0 radical (unpaired) electrons. The van der Waals surface area contributed by atoms with Crippen LogP contribution in [0.2, 0.25) is 0 Å². The first-order valence-electron chi connectivity index (χ1n) is 25.6. The summed E-state index contributed by atoms with van der Waals surface area (Å²) in [6.45, 7) is 8.29. The van der Waals surface area contributed by atoms with E-state index in [0.29, 0.717) is 57.3 Å². The van der Waals surface area contributed by atoms with E-state index in [1.165, 1.54) is 46.7 Å². The third-order valence-electron chi connectivity index (χ3n) is 11.4. The van der Waals surface area contributed by atoms with Gasteiger partial charge in [-0.3, -0.25) is 38.4 Å². The monoisotopic (exact) mass is 1250 g/mol. The van der Waals surface area contributed by atoms with E-state index < -0.39 is 121 Å². The van der Waals surface area contributed by atoms with Crippen molar-refractivity contribution >= 4 is 107 Å². The minimum absolute atomic E-state index is 0.144. The lowest BCUT2D eigenvalue weighted by molar-refractivity contribution is -0.237. The van der Waals surface area contributed by atoms with Gasteiger partial charge in [0.1, 0.15) is 36.9 Å². The van der Waals surface area contributed by atoms with Gasteiger partial charge < -0.3 is 56.8 Å². The van der Waals surface area contributed by atoms with Crippen molar-refractivity contribution in [3.05, 3.63) is 59.7 Å². The number of ether oxygens (including phenoxy) is 12. The molecular formula is C52H62N8O20S4. The first kappa shape index (κ1) is 65.9. The van der Waals surface area contributed by atoms with Gasteiger partial charge in [-0.2, -0.15) is 19.6 Å². The quantitative estimate of drug-likeness (QED) is 0.0257. The van der Waals surface area contributed by atoms with Gasteiger partial charge in [0.25, 0.3) is 0 Å². The van der Waals surface area contributed by atoms with Crippen LogP contribution in [0.25, 0.3) is 0 Å². The summed E-state index contributed by atoms with van der Waals surface area (Å²) in [5, 5.41) is 28.2. The molecule has 6 rings (SSSR count). The van der Waals surface area contributed by atoms with Crippen molar-refractivity contribution in [2.75, 3.05) is 38.9 Å². The maximum atomic E-state index is 12.6. The number of aromatic nitrogens is 6. The highest BCUT2D eigenvalue weighted by molar-refractivity contribution is 8.00. The highest BCUT2D eigenvalue weighted by Crippen LogP contribution is 2.40. The zero-order chi connectivity index (χ0) is 61.0. The topological polar surface area (TPSA) is 333 Å². The van der Waals surface area contributed by atoms with Crippen LogP contribution < -0.4 is 9.47 Å². The van der Waals surface area contributed by atoms with Crippen LogP contribution in [-0.4, -0.2) is 189 Å². The minimum atomic E-state index is -1.42. The molecule has 2 aliphatic heterocycles. The van der Waals surface area contributed by atoms with Gasteiger partial charge in [0, 0.05) is 66.9 Å². The normalized spacial score (nSPS) is 22.1. The number of carbonyl (C=O) groups is 8. The standard InChI is InChI=1S/C52H62N8O20S4/c1-27(61)71-25-39-41(73-29(3)63)43(75-31(5)65)45(77-33(7)67)47(79-39)83-51-57-55-49(59(51)53-23-35-13-17-37(69-9)18-14-35)81-21-11-12-22-82-50-56-58-52(60(50)54-24-36-15-19-38(70-10)20-16-36)84-48-46(78-34(8)68)44(76-32(6)66)42(74-30(4)64)40(80-48)26-72-28(2)62/h13-20,23-24,39-48H,11-12,21-22,25-26H2,1-10H3/b53-23+,54-24+/t39-,40-,41-,42-,43+,44+,45-,46-,47+,48+/m1/s1. The van der Waals surface area contributed by atoms with E-state index in [9.17, 15) is 38.4 Å². The Morgan fingerprint density at radius 1 is 0.452 bits per heavy atom. The maximum Gasteiger partial charge on any atom is 0.303 e. The van der Waals surface area contributed by atoms with Crippen LogP contribution in [0.1, 0.15) is 79.4 Å². The molecule has 2 aliphatic rings. The summed E-state index contributed by atoms with van der Waals surface area (Å²) < 4.78 is 70.5. The van der Waals surface area contributed by atoms with Gasteiger partial charge in [0.05, 0.1) is 26.6 Å². The van der Waals surface area contributed by atoms with E-state index in [4.69, 9.17) is 67.0 Å². The van der Waals surface area contributed by atoms with Gasteiger partial charge >= 0.3 is 47.8 Å². The minimum Gasteiger partial charge on any atom is -0.497 e. The van der Waals surface area contributed by atoms with Gasteiger partial charge in [0.15, 0.2) is 47.5 Å². The Hall–Kier alpha value is -7.26. The predicted molar refractivity (Wildman–Crippen MR) is 298 cm³/mol. The summed E-state index contributed by atoms with van der Waals surface area (Å²) in [4.78, 5) is 99.0. The lowest BCUT2D eigenvalue weighted by atomic mass is 9.99. The van der Waals surface area contributed by atoms with Crippen molar-refractivity contribution in [1.29, 1.82) is 0 Å². The van der Waals surface area contributed by atoms with Crippen LogP contribution in [0.4, 0.5) is 0 Å². The van der Waals surface area contributed by atoms with Crippen LogP contribution in [0.3, 0.4) is 0 Å². The van der Waals surface area contributed by atoms with Gasteiger partial charge in [-0.05, 0) is 96.0 Å². The second kappa shape index (κ2) is 32.1. The maximum absolute atomic E-state index is 12.6. The molecule has 0 bridgehead atoms. The summed E-state index contributed by atoms with van der Waals surface area (Å²) in [5.74, 6) is -3.79. The third-order valence-corrected chi connectivity index (χ3v) is 15.5. The Balaban J connectivity index is 1.25. The van der Waals surface area contributed by atoms with E-state index in [1.807, 2.05) is 0 Å². The highest BCUT2D eigenvalue weighted by Gasteiger charge is 2.54. The molecule has 28 nitrogen and oxygen atoms in total. The Bertz CT molecular complexity index is 2800. The zero-order valence-corrected chi connectivity index (χ0v) is 50.4. The lowest BCUT2D eigenvalue weighted by Crippen LogP contribution is -2.61. The molecular weight excluding hydrogens is 1180 g/mol. The molecule has 84 heavy (non-hydrogen) atoms. The largest absolute Gasteiger partial charge is 0.497 e. The summed E-state index contributed by atoms with van der Waals surface area (Å²) in [6, 6.07) is 14.2. The van der Waals surface area contributed by atoms with E-state index in [2.05, 4.69) is 20.4 Å². The number of unbranched alkanes of at least 4 members (excludes halogenated alkanes) is 1. The van der Waals surface area contributed by atoms with Crippen molar-refractivity contribution < 1.29 is 95.2 Å². The molecule has 32 heteroatoms. The fraction of sp³-hybridized carbons (Fsp3) is 0.500. The second-order valence-corrected chi connectivity index (χ2v) is 22.2. The van der Waals surface area contributed by atoms with Gasteiger partial charge in [-0.15, -0.1) is 20.4 Å². The number of esters is 8. The SMILES string of the molecule is COc1ccc(/C=N/n2c(SCCCCSc3nnc(S[C@@H]4O[C@H](COC(C)=O)[C@@H](OC(C)=O)[C@H](OC(C)=O)[C@H]4OC(C)=O)n3/N=C/c3ccc(OC)cc3)nnc2S[C@@H]2O[C@H](COC(C)=O)[C@@H](OC(C)=O)[C@H](OC(C)=O)[C@H]2OC(C)=O)cc1. The van der Waals surface area contributed by atoms with Crippen LogP contribution in [-0.2, 0) is 85.7 Å². The Morgan fingerprint density at radius 3 is 1.07 bits per heavy atom. The average molecular weight is 1250 g/mol. The summed E-state index contributed by atoms with van der Waals surface area (Å²) >= 11 is 4.48. The molecule has 10 atom stereocenters. The van der Waals surface area contributed by atoms with Gasteiger partial charge in [-0.1, -0.05) is 23.5 Å². The van der Waals surface area contributed by atoms with Crippen molar-refractivity contribution in [2.45, 2.75) is 149 Å². The predicted octanol–water partition coefficient (Wildman–Crippen LogP) is 4.67. The Morgan fingerprint density at radius 2 is 0.762 bits per heavy atom. The van der Waals surface area contributed by atoms with Crippen LogP contribution >= 0.6 is 47.0 Å². The molecule has 2 aromatic carbocycles. The first-order chi connectivity index (χ1) is 40.1. The Kier molecular flexibility index (Phi) is 25.2. The zero-order valence-electron chi connectivity index (χ0n) is 47.2. The van der Waals surface area contributed by atoms with E-state index in [0.717, 1.165) is 65.1 Å². The summed E-state index contributed by atoms with van der Waals surface area (Å²) in [6.07, 6.45) is -6.42. The third kappa shape index (κ3) is 19.7. The molecule has 0 amide bonds. The molecule has 2 aromatic heterocycles. The number of benzene rings is 2. The van der Waals surface area contributed by atoms with Crippen LogP contribution in [0, 0.1) is 0 Å². The molecule has 2 saturated heterocycles. The molecule has 0 saturated carbocycles. The van der Waals surface area contributed by atoms with E-state index in [1.54, 1.807) is 75.2 Å². The van der Waals surface area contributed by atoms with Crippen molar-refractivity contribution in [2.24, 2.45) is 10.2 Å². The number of hydrogen-bond acceptors (Lipinski definition) is 30. The molecule has 0 spiro atoms.